The van der Waals surface area contributed by atoms with Crippen LogP contribution in [0.15, 0.2) is 29.3 Å². The zero-order chi connectivity index (χ0) is 16.8. The van der Waals surface area contributed by atoms with Gasteiger partial charge in [0.2, 0.25) is 0 Å². The number of morpholine rings is 1. The number of guanidine groups is 1. The molecule has 0 bridgehead atoms. The summed E-state index contributed by atoms with van der Waals surface area (Å²) in [7, 11) is 0. The fourth-order valence-electron chi connectivity index (χ4n) is 3.22. The first-order chi connectivity index (χ1) is 11.8. The Morgan fingerprint density at radius 3 is 2.96 bits per heavy atom. The van der Waals surface area contributed by atoms with Crippen molar-refractivity contribution >= 4 is 5.96 Å². The predicted octanol–water partition coefficient (Wildman–Crippen LogP) is 2.17. The number of hydrogen-bond donors (Lipinski definition) is 1. The summed E-state index contributed by atoms with van der Waals surface area (Å²) in [4.78, 5) is 6.90. The van der Waals surface area contributed by atoms with Gasteiger partial charge >= 0.3 is 0 Å². The molecular weight excluding hydrogens is 309 g/mol. The second-order valence-corrected chi connectivity index (χ2v) is 6.21. The topological polar surface area (TPSA) is 46.1 Å². The van der Waals surface area contributed by atoms with Crippen molar-refractivity contribution in [2.75, 3.05) is 32.8 Å². The predicted molar refractivity (Wildman–Crippen MR) is 91.5 cm³/mol. The van der Waals surface area contributed by atoms with E-state index in [1.54, 1.807) is 6.07 Å². The average Bonchev–Trinajstić information content (AvgIpc) is 3.13. The summed E-state index contributed by atoms with van der Waals surface area (Å²) < 4.78 is 25.0. The smallest absolute Gasteiger partial charge is 0.194 e. The molecule has 0 saturated carbocycles. The molecule has 2 aliphatic rings. The number of hydrogen-bond acceptors (Lipinski definition) is 3. The SMILES string of the molecule is CCNC(=NCc1cccc(F)c1)N1CCOC(C2CCCO2)C1. The summed E-state index contributed by atoms with van der Waals surface area (Å²) in [6.07, 6.45) is 2.46. The molecule has 3 rings (SSSR count). The Morgan fingerprint density at radius 2 is 2.21 bits per heavy atom. The van der Waals surface area contributed by atoms with Crippen LogP contribution in [0.25, 0.3) is 0 Å². The minimum Gasteiger partial charge on any atom is -0.375 e. The molecule has 5 nitrogen and oxygen atoms in total. The number of ether oxygens (including phenoxy) is 2. The Labute approximate surface area is 142 Å². The highest BCUT2D eigenvalue weighted by Crippen LogP contribution is 2.21. The molecule has 0 amide bonds. The molecule has 2 heterocycles. The Bertz CT molecular complexity index is 561. The molecule has 0 aliphatic carbocycles. The van der Waals surface area contributed by atoms with Crippen LogP contribution in [-0.4, -0.2) is 55.9 Å². The van der Waals surface area contributed by atoms with E-state index in [0.29, 0.717) is 13.2 Å². The van der Waals surface area contributed by atoms with Crippen LogP contribution in [0.4, 0.5) is 4.39 Å². The number of benzene rings is 1. The summed E-state index contributed by atoms with van der Waals surface area (Å²) in [5.41, 5.74) is 0.870. The highest BCUT2D eigenvalue weighted by molar-refractivity contribution is 5.80. The van der Waals surface area contributed by atoms with Crippen LogP contribution in [0.3, 0.4) is 0 Å². The first kappa shape index (κ1) is 17.2. The van der Waals surface area contributed by atoms with E-state index in [4.69, 9.17) is 9.47 Å². The standard InChI is InChI=1S/C18H26FN3O2/c1-2-20-18(21-12-14-5-3-6-15(19)11-14)22-8-10-24-17(13-22)16-7-4-9-23-16/h3,5-6,11,16-17H,2,4,7-10,12-13H2,1H3,(H,20,21). The molecular formula is C18H26FN3O2. The largest absolute Gasteiger partial charge is 0.375 e. The molecule has 0 spiro atoms. The Hall–Kier alpha value is -1.66. The zero-order valence-electron chi connectivity index (χ0n) is 14.2. The molecule has 2 saturated heterocycles. The fourth-order valence-corrected chi connectivity index (χ4v) is 3.22. The second-order valence-electron chi connectivity index (χ2n) is 6.21. The van der Waals surface area contributed by atoms with Crippen LogP contribution in [0.2, 0.25) is 0 Å². The van der Waals surface area contributed by atoms with Crippen molar-refractivity contribution in [3.05, 3.63) is 35.6 Å². The van der Waals surface area contributed by atoms with Gasteiger partial charge in [0.25, 0.3) is 0 Å². The number of rotatable bonds is 4. The van der Waals surface area contributed by atoms with E-state index in [-0.39, 0.29) is 18.0 Å². The molecule has 2 aliphatic heterocycles. The molecule has 0 radical (unpaired) electrons. The van der Waals surface area contributed by atoms with Crippen molar-refractivity contribution in [2.45, 2.75) is 38.5 Å². The molecule has 6 heteroatoms. The maximum absolute atomic E-state index is 13.3. The summed E-state index contributed by atoms with van der Waals surface area (Å²) in [5.74, 6) is 0.630. The van der Waals surface area contributed by atoms with Gasteiger partial charge in [-0.1, -0.05) is 12.1 Å². The van der Waals surface area contributed by atoms with E-state index >= 15 is 0 Å². The maximum atomic E-state index is 13.3. The molecule has 1 aromatic rings. The van der Waals surface area contributed by atoms with Crippen LogP contribution in [0, 0.1) is 5.82 Å². The van der Waals surface area contributed by atoms with Gasteiger partial charge < -0.3 is 19.7 Å². The van der Waals surface area contributed by atoms with Crippen LogP contribution >= 0.6 is 0 Å². The van der Waals surface area contributed by atoms with Crippen molar-refractivity contribution in [3.63, 3.8) is 0 Å². The highest BCUT2D eigenvalue weighted by Gasteiger charge is 2.32. The third-order valence-corrected chi connectivity index (χ3v) is 4.41. The van der Waals surface area contributed by atoms with Crippen molar-refractivity contribution in [2.24, 2.45) is 4.99 Å². The van der Waals surface area contributed by atoms with Crippen molar-refractivity contribution in [1.82, 2.24) is 10.2 Å². The van der Waals surface area contributed by atoms with Gasteiger partial charge in [-0.25, -0.2) is 9.38 Å². The van der Waals surface area contributed by atoms with E-state index in [9.17, 15) is 4.39 Å². The molecule has 2 unspecified atom stereocenters. The number of aliphatic imine (C=N–C) groups is 1. The van der Waals surface area contributed by atoms with Gasteiger partial charge in [0.15, 0.2) is 5.96 Å². The lowest BCUT2D eigenvalue weighted by Crippen LogP contribution is -2.53. The average molecular weight is 335 g/mol. The van der Waals surface area contributed by atoms with Crippen molar-refractivity contribution < 1.29 is 13.9 Å². The van der Waals surface area contributed by atoms with Crippen LogP contribution in [0.5, 0.6) is 0 Å². The summed E-state index contributed by atoms with van der Waals surface area (Å²) in [6, 6.07) is 6.59. The van der Waals surface area contributed by atoms with Gasteiger partial charge in [-0.3, -0.25) is 0 Å². The molecule has 132 valence electrons. The zero-order valence-corrected chi connectivity index (χ0v) is 14.2. The molecule has 2 atom stereocenters. The van der Waals surface area contributed by atoms with Gasteiger partial charge in [0, 0.05) is 26.2 Å². The first-order valence-electron chi connectivity index (χ1n) is 8.77. The molecule has 2 fully saturated rings. The van der Waals surface area contributed by atoms with Crippen LogP contribution in [0.1, 0.15) is 25.3 Å². The fraction of sp³-hybridized carbons (Fsp3) is 0.611. The van der Waals surface area contributed by atoms with E-state index in [0.717, 1.165) is 50.6 Å². The van der Waals surface area contributed by atoms with E-state index in [1.165, 1.54) is 12.1 Å². The number of nitrogens with one attached hydrogen (secondary N) is 1. The van der Waals surface area contributed by atoms with Gasteiger partial charge in [-0.15, -0.1) is 0 Å². The van der Waals surface area contributed by atoms with E-state index < -0.39 is 0 Å². The Balaban J connectivity index is 1.66. The Kier molecular flexibility index (Phi) is 6.04. The molecule has 0 aromatic heterocycles. The van der Waals surface area contributed by atoms with Crippen molar-refractivity contribution in [3.8, 4) is 0 Å². The monoisotopic (exact) mass is 335 g/mol. The molecule has 24 heavy (non-hydrogen) atoms. The molecule has 1 aromatic carbocycles. The van der Waals surface area contributed by atoms with E-state index in [1.807, 2.05) is 6.07 Å². The number of nitrogens with zero attached hydrogens (tertiary/aromatic N) is 2. The third-order valence-electron chi connectivity index (χ3n) is 4.41. The van der Waals surface area contributed by atoms with Crippen LogP contribution < -0.4 is 5.32 Å². The lowest BCUT2D eigenvalue weighted by Gasteiger charge is -2.37. The van der Waals surface area contributed by atoms with Gasteiger partial charge in [-0.05, 0) is 37.5 Å². The van der Waals surface area contributed by atoms with Gasteiger partial charge in [0.1, 0.15) is 11.9 Å². The molecule has 1 N–H and O–H groups in total. The quantitative estimate of drug-likeness (QED) is 0.677. The van der Waals surface area contributed by atoms with Gasteiger partial charge in [0.05, 0.1) is 19.3 Å². The third kappa shape index (κ3) is 4.45. The highest BCUT2D eigenvalue weighted by atomic mass is 19.1. The summed E-state index contributed by atoms with van der Waals surface area (Å²) in [5, 5.41) is 3.33. The lowest BCUT2D eigenvalue weighted by atomic mass is 10.1. The van der Waals surface area contributed by atoms with Crippen molar-refractivity contribution in [1.29, 1.82) is 0 Å². The van der Waals surface area contributed by atoms with Gasteiger partial charge in [-0.2, -0.15) is 0 Å². The second kappa shape index (κ2) is 8.44. The summed E-state index contributed by atoms with van der Waals surface area (Å²) in [6.45, 7) is 6.40. The lowest BCUT2D eigenvalue weighted by molar-refractivity contribution is -0.0817. The first-order valence-corrected chi connectivity index (χ1v) is 8.77. The van der Waals surface area contributed by atoms with Crippen LogP contribution in [-0.2, 0) is 16.0 Å². The summed E-state index contributed by atoms with van der Waals surface area (Å²) >= 11 is 0. The maximum Gasteiger partial charge on any atom is 0.194 e. The minimum atomic E-state index is -0.225. The minimum absolute atomic E-state index is 0.0966. The number of halogens is 1. The van der Waals surface area contributed by atoms with E-state index in [2.05, 4.69) is 22.1 Å². The Morgan fingerprint density at radius 1 is 1.33 bits per heavy atom. The normalized spacial score (nSPS) is 25.1.